The highest BCUT2D eigenvalue weighted by Gasteiger charge is 1.93. The van der Waals surface area contributed by atoms with Crippen LogP contribution in [0, 0.1) is 6.92 Å². The Balaban J connectivity index is 2.42. The van der Waals surface area contributed by atoms with E-state index >= 15 is 0 Å². The molecular formula is C13H11. The van der Waals surface area contributed by atoms with Crippen LogP contribution >= 0.6 is 0 Å². The van der Waals surface area contributed by atoms with Crippen molar-refractivity contribution >= 4 is 0 Å². The quantitative estimate of drug-likeness (QED) is 0.609. The molecule has 2 aromatic rings. The molecule has 0 spiro atoms. The van der Waals surface area contributed by atoms with Crippen LogP contribution in [0.4, 0.5) is 0 Å². The van der Waals surface area contributed by atoms with E-state index in [1.807, 2.05) is 30.3 Å². The maximum atomic E-state index is 3.86. The second-order valence-corrected chi connectivity index (χ2v) is 3.06. The van der Waals surface area contributed by atoms with E-state index in [0.29, 0.717) is 0 Å². The summed E-state index contributed by atoms with van der Waals surface area (Å²) >= 11 is 0. The molecule has 0 unspecified atom stereocenters. The molecule has 0 saturated carbocycles. The van der Waals surface area contributed by atoms with E-state index in [0.717, 1.165) is 5.56 Å². The van der Waals surface area contributed by atoms with E-state index < -0.39 is 0 Å². The Hall–Kier alpha value is -1.56. The Kier molecular flexibility index (Phi) is 2.13. The van der Waals surface area contributed by atoms with Crippen LogP contribution in [-0.2, 0) is 0 Å². The minimum Gasteiger partial charge on any atom is -0.0622 e. The summed E-state index contributed by atoms with van der Waals surface area (Å²) in [5.41, 5.74) is 3.55. The van der Waals surface area contributed by atoms with Crippen molar-refractivity contribution in [2.24, 2.45) is 0 Å². The average Bonchev–Trinajstić information content (AvgIpc) is 2.20. The zero-order valence-electron chi connectivity index (χ0n) is 7.40. The van der Waals surface area contributed by atoms with Crippen LogP contribution < -0.4 is 0 Å². The maximum absolute atomic E-state index is 3.86. The third-order valence-electron chi connectivity index (χ3n) is 2.06. The van der Waals surface area contributed by atoms with Gasteiger partial charge in [-0.25, -0.2) is 0 Å². The van der Waals surface area contributed by atoms with Gasteiger partial charge in [-0.2, -0.15) is 0 Å². The van der Waals surface area contributed by atoms with Gasteiger partial charge in [0.1, 0.15) is 0 Å². The molecule has 0 atom stereocenters. The first kappa shape index (κ1) is 8.06. The Morgan fingerprint density at radius 2 is 1.15 bits per heavy atom. The summed E-state index contributed by atoms with van der Waals surface area (Å²) in [5, 5.41) is 0. The van der Waals surface area contributed by atoms with Crippen LogP contribution in [0.2, 0.25) is 0 Å². The van der Waals surface area contributed by atoms with E-state index in [2.05, 4.69) is 31.2 Å². The van der Waals surface area contributed by atoms with Crippen LogP contribution in [0.5, 0.6) is 0 Å². The van der Waals surface area contributed by atoms with E-state index in [1.165, 1.54) is 11.1 Å². The van der Waals surface area contributed by atoms with Gasteiger partial charge in [0, 0.05) is 0 Å². The molecular weight excluding hydrogens is 156 g/mol. The predicted octanol–water partition coefficient (Wildman–Crippen LogP) is 3.54. The zero-order chi connectivity index (χ0) is 9.10. The summed E-state index contributed by atoms with van der Waals surface area (Å²) in [4.78, 5) is 0. The monoisotopic (exact) mass is 167 g/mol. The summed E-state index contributed by atoms with van der Waals surface area (Å²) in [6, 6.07) is 18.6. The highest BCUT2D eigenvalue weighted by Crippen LogP contribution is 2.18. The molecule has 0 heteroatoms. The fraction of sp³-hybridized carbons (Fsp3) is 0. The smallest absolute Gasteiger partial charge is 0.0184 e. The maximum Gasteiger partial charge on any atom is -0.0184 e. The first-order valence-corrected chi connectivity index (χ1v) is 4.34. The van der Waals surface area contributed by atoms with E-state index in [9.17, 15) is 0 Å². The minimum absolute atomic E-state index is 1.06. The molecule has 0 aromatic heterocycles. The lowest BCUT2D eigenvalue weighted by Gasteiger charge is -2.00. The molecule has 1 radical (unpaired) electrons. The van der Waals surface area contributed by atoms with Crippen LogP contribution in [0.15, 0.2) is 54.6 Å². The Bertz CT molecular complexity index is 371. The molecule has 0 fully saturated rings. The van der Waals surface area contributed by atoms with Crippen molar-refractivity contribution < 1.29 is 0 Å². The van der Waals surface area contributed by atoms with Gasteiger partial charge in [0.15, 0.2) is 0 Å². The summed E-state index contributed by atoms with van der Waals surface area (Å²) < 4.78 is 0. The van der Waals surface area contributed by atoms with Gasteiger partial charge < -0.3 is 0 Å². The standard InChI is InChI=1S/C13H11/c1-11-7-9-13(10-8-11)12-5-3-2-4-6-12/h2-10H,1H2. The lowest BCUT2D eigenvalue weighted by atomic mass is 10.0. The van der Waals surface area contributed by atoms with Crippen LogP contribution in [0.1, 0.15) is 5.56 Å². The molecule has 0 N–H and O–H groups in total. The number of hydrogen-bond acceptors (Lipinski definition) is 0. The summed E-state index contributed by atoms with van der Waals surface area (Å²) in [7, 11) is 0. The molecule has 0 aliphatic rings. The molecule has 63 valence electrons. The fourth-order valence-electron chi connectivity index (χ4n) is 1.33. The molecule has 0 amide bonds. The minimum atomic E-state index is 1.06. The van der Waals surface area contributed by atoms with E-state index in [4.69, 9.17) is 0 Å². The van der Waals surface area contributed by atoms with Gasteiger partial charge in [0.2, 0.25) is 0 Å². The second kappa shape index (κ2) is 3.44. The first-order chi connectivity index (χ1) is 6.36. The molecule has 13 heavy (non-hydrogen) atoms. The van der Waals surface area contributed by atoms with Crippen molar-refractivity contribution in [3.8, 4) is 11.1 Å². The molecule has 0 nitrogen and oxygen atoms in total. The molecule has 2 rings (SSSR count). The van der Waals surface area contributed by atoms with Gasteiger partial charge in [-0.05, 0) is 23.6 Å². The predicted molar refractivity (Wildman–Crippen MR) is 56.3 cm³/mol. The van der Waals surface area contributed by atoms with E-state index in [-0.39, 0.29) is 0 Å². The average molecular weight is 167 g/mol. The largest absolute Gasteiger partial charge is 0.0622 e. The number of benzene rings is 2. The number of rotatable bonds is 1. The zero-order valence-corrected chi connectivity index (χ0v) is 7.40. The lowest BCUT2D eigenvalue weighted by molar-refractivity contribution is 1.58. The van der Waals surface area contributed by atoms with Gasteiger partial charge in [-0.15, -0.1) is 0 Å². The third-order valence-corrected chi connectivity index (χ3v) is 2.06. The molecule has 0 saturated heterocycles. The van der Waals surface area contributed by atoms with E-state index in [1.54, 1.807) is 0 Å². The second-order valence-electron chi connectivity index (χ2n) is 3.06. The molecule has 0 bridgehead atoms. The van der Waals surface area contributed by atoms with Gasteiger partial charge in [-0.1, -0.05) is 54.6 Å². The summed E-state index contributed by atoms with van der Waals surface area (Å²) in [5.74, 6) is 0. The number of hydrogen-bond donors (Lipinski definition) is 0. The van der Waals surface area contributed by atoms with Crippen LogP contribution in [-0.4, -0.2) is 0 Å². The molecule has 0 aliphatic heterocycles. The summed E-state index contributed by atoms with van der Waals surface area (Å²) in [6.07, 6.45) is 0. The fourth-order valence-corrected chi connectivity index (χ4v) is 1.33. The highest BCUT2D eigenvalue weighted by molar-refractivity contribution is 5.63. The molecule has 2 aromatic carbocycles. The van der Waals surface area contributed by atoms with Gasteiger partial charge in [0.05, 0.1) is 0 Å². The Labute approximate surface area is 78.9 Å². The van der Waals surface area contributed by atoms with Crippen molar-refractivity contribution in [1.29, 1.82) is 0 Å². The topological polar surface area (TPSA) is 0 Å². The van der Waals surface area contributed by atoms with Crippen molar-refractivity contribution in [2.45, 2.75) is 0 Å². The third kappa shape index (κ3) is 1.78. The summed E-state index contributed by atoms with van der Waals surface area (Å²) in [6.45, 7) is 3.86. The van der Waals surface area contributed by atoms with Gasteiger partial charge in [0.25, 0.3) is 0 Å². The molecule has 0 heterocycles. The lowest BCUT2D eigenvalue weighted by Crippen LogP contribution is -1.76. The van der Waals surface area contributed by atoms with Crippen LogP contribution in [0.3, 0.4) is 0 Å². The van der Waals surface area contributed by atoms with Crippen LogP contribution in [0.25, 0.3) is 11.1 Å². The molecule has 0 aliphatic carbocycles. The first-order valence-electron chi connectivity index (χ1n) is 4.34. The van der Waals surface area contributed by atoms with Gasteiger partial charge >= 0.3 is 0 Å². The van der Waals surface area contributed by atoms with Gasteiger partial charge in [-0.3, -0.25) is 0 Å². The normalized spacial score (nSPS) is 9.92. The SMILES string of the molecule is [CH2]c1ccc(-c2ccccc2)cc1. The Morgan fingerprint density at radius 1 is 0.615 bits per heavy atom. The Morgan fingerprint density at radius 3 is 1.77 bits per heavy atom. The highest BCUT2D eigenvalue weighted by atomic mass is 14.0. The van der Waals surface area contributed by atoms with Crippen molar-refractivity contribution in [1.82, 2.24) is 0 Å². The van der Waals surface area contributed by atoms with Crippen molar-refractivity contribution in [3.63, 3.8) is 0 Å². The van der Waals surface area contributed by atoms with Crippen molar-refractivity contribution in [2.75, 3.05) is 0 Å². The van der Waals surface area contributed by atoms with Crippen molar-refractivity contribution in [3.05, 3.63) is 67.1 Å².